The van der Waals surface area contributed by atoms with Crippen LogP contribution in [0.2, 0.25) is 0 Å². The first-order chi connectivity index (χ1) is 10.2. The summed E-state index contributed by atoms with van der Waals surface area (Å²) in [6, 6.07) is 0.342. The molecule has 128 valence electrons. The highest BCUT2D eigenvalue weighted by Gasteiger charge is 2.55. The van der Waals surface area contributed by atoms with Crippen molar-refractivity contribution in [3.05, 3.63) is 0 Å². The minimum absolute atomic E-state index is 0.109. The predicted octanol–water partition coefficient (Wildman–Crippen LogP) is 4.21. The Bertz CT molecular complexity index is 420. The predicted molar refractivity (Wildman–Crippen MR) is 92.4 cm³/mol. The molecule has 8 atom stereocenters. The fourth-order valence-electron chi connectivity index (χ4n) is 6.90. The molecule has 3 aliphatic rings. The summed E-state index contributed by atoms with van der Waals surface area (Å²) in [5.41, 5.74) is 7.11. The molecule has 0 aliphatic heterocycles. The van der Waals surface area contributed by atoms with E-state index in [1.54, 1.807) is 0 Å². The van der Waals surface area contributed by atoms with Crippen LogP contribution in [-0.4, -0.2) is 17.3 Å². The van der Waals surface area contributed by atoms with Crippen molar-refractivity contribution in [1.29, 1.82) is 0 Å². The Morgan fingerprint density at radius 2 is 1.55 bits per heavy atom. The summed E-state index contributed by atoms with van der Waals surface area (Å²) in [7, 11) is 0. The van der Waals surface area contributed by atoms with E-state index >= 15 is 0 Å². The van der Waals surface area contributed by atoms with Crippen LogP contribution in [0.5, 0.6) is 0 Å². The van der Waals surface area contributed by atoms with Crippen LogP contribution < -0.4 is 5.73 Å². The maximum absolute atomic E-state index is 10.8. The van der Waals surface area contributed by atoms with Crippen LogP contribution in [0.4, 0.5) is 0 Å². The zero-order chi connectivity index (χ0) is 16.3. The molecule has 2 bridgehead atoms. The average Bonchev–Trinajstić information content (AvgIpc) is 2.40. The fraction of sp³-hybridized carbons (Fsp3) is 1.00. The number of aliphatic hydroxyl groups excluding tert-OH is 1. The van der Waals surface area contributed by atoms with Gasteiger partial charge in [0.1, 0.15) is 0 Å². The van der Waals surface area contributed by atoms with Gasteiger partial charge < -0.3 is 10.8 Å². The van der Waals surface area contributed by atoms with Gasteiger partial charge >= 0.3 is 0 Å². The van der Waals surface area contributed by atoms with Gasteiger partial charge in [-0.25, -0.2) is 0 Å². The summed E-state index contributed by atoms with van der Waals surface area (Å²) in [6.07, 6.45) is 6.96. The van der Waals surface area contributed by atoms with Crippen molar-refractivity contribution >= 4 is 0 Å². The van der Waals surface area contributed by atoms with Gasteiger partial charge in [-0.2, -0.15) is 0 Å². The largest absolute Gasteiger partial charge is 0.393 e. The molecular weight excluding hydrogens is 270 g/mol. The first-order valence-electron chi connectivity index (χ1n) is 9.61. The zero-order valence-corrected chi connectivity index (χ0v) is 15.3. The van der Waals surface area contributed by atoms with Gasteiger partial charge in [-0.05, 0) is 78.9 Å². The molecule has 22 heavy (non-hydrogen) atoms. The van der Waals surface area contributed by atoms with E-state index in [-0.39, 0.29) is 11.5 Å². The fourth-order valence-corrected chi connectivity index (χ4v) is 6.90. The van der Waals surface area contributed by atoms with E-state index in [4.69, 9.17) is 5.73 Å². The molecule has 0 saturated heterocycles. The van der Waals surface area contributed by atoms with Crippen LogP contribution in [0.3, 0.4) is 0 Å². The summed E-state index contributed by atoms with van der Waals surface area (Å²) in [6.45, 7) is 12.2. The summed E-state index contributed by atoms with van der Waals surface area (Å²) < 4.78 is 0. The molecule has 0 aromatic heterocycles. The van der Waals surface area contributed by atoms with Crippen LogP contribution in [0.15, 0.2) is 0 Å². The minimum atomic E-state index is -0.109. The van der Waals surface area contributed by atoms with E-state index in [1.165, 1.54) is 32.1 Å². The van der Waals surface area contributed by atoms with Gasteiger partial charge in [0.05, 0.1) is 6.10 Å². The molecule has 0 radical (unpaired) electrons. The van der Waals surface area contributed by atoms with Gasteiger partial charge in [0.15, 0.2) is 0 Å². The molecule has 2 heteroatoms. The van der Waals surface area contributed by atoms with E-state index in [2.05, 4.69) is 34.6 Å². The number of nitrogens with two attached hydrogens (primary N) is 1. The maximum Gasteiger partial charge on any atom is 0.0596 e. The smallest absolute Gasteiger partial charge is 0.0596 e. The molecule has 0 aromatic rings. The van der Waals surface area contributed by atoms with E-state index in [0.717, 1.165) is 24.2 Å². The molecule has 3 rings (SSSR count). The summed E-state index contributed by atoms with van der Waals surface area (Å²) in [4.78, 5) is 0. The Labute approximate surface area is 137 Å². The third-order valence-electron chi connectivity index (χ3n) is 8.45. The van der Waals surface area contributed by atoms with Crippen LogP contribution in [0.1, 0.15) is 73.1 Å². The Morgan fingerprint density at radius 1 is 0.864 bits per heavy atom. The number of rotatable bonds is 0. The number of hydrogen-bond donors (Lipinski definition) is 2. The highest BCUT2D eigenvalue weighted by molar-refractivity contribution is 5.05. The first kappa shape index (κ1) is 16.8. The number of hydrogen-bond acceptors (Lipinski definition) is 2. The van der Waals surface area contributed by atoms with Crippen LogP contribution in [0, 0.1) is 40.4 Å². The van der Waals surface area contributed by atoms with Crippen molar-refractivity contribution in [2.45, 2.75) is 85.3 Å². The second-order valence-corrected chi connectivity index (χ2v) is 9.87. The van der Waals surface area contributed by atoms with E-state index in [0.29, 0.717) is 23.3 Å². The lowest BCUT2D eigenvalue weighted by Crippen LogP contribution is -2.57. The Kier molecular flexibility index (Phi) is 4.18. The topological polar surface area (TPSA) is 46.2 Å². The maximum atomic E-state index is 10.8. The lowest BCUT2D eigenvalue weighted by molar-refractivity contribution is -0.124. The monoisotopic (exact) mass is 307 g/mol. The molecule has 0 amide bonds. The third-order valence-corrected chi connectivity index (χ3v) is 8.45. The Balaban J connectivity index is 1.98. The first-order valence-corrected chi connectivity index (χ1v) is 9.61. The average molecular weight is 308 g/mol. The van der Waals surface area contributed by atoms with Crippen molar-refractivity contribution in [1.82, 2.24) is 0 Å². The van der Waals surface area contributed by atoms with Crippen molar-refractivity contribution in [2.75, 3.05) is 0 Å². The van der Waals surface area contributed by atoms with Crippen LogP contribution >= 0.6 is 0 Å². The van der Waals surface area contributed by atoms with Gasteiger partial charge in [-0.1, -0.05) is 34.6 Å². The van der Waals surface area contributed by atoms with Gasteiger partial charge in [-0.3, -0.25) is 0 Å². The second-order valence-electron chi connectivity index (χ2n) is 9.87. The second kappa shape index (κ2) is 5.48. The number of fused-ring (bicyclic) bond motifs is 3. The highest BCUT2D eigenvalue weighted by atomic mass is 16.3. The minimum Gasteiger partial charge on any atom is -0.393 e. The van der Waals surface area contributed by atoms with Crippen molar-refractivity contribution in [2.24, 2.45) is 46.2 Å². The zero-order valence-electron chi connectivity index (χ0n) is 15.3. The van der Waals surface area contributed by atoms with E-state index < -0.39 is 0 Å². The van der Waals surface area contributed by atoms with E-state index in [9.17, 15) is 5.11 Å². The molecule has 0 heterocycles. The van der Waals surface area contributed by atoms with Crippen LogP contribution in [0.25, 0.3) is 0 Å². The highest BCUT2D eigenvalue weighted by Crippen LogP contribution is 2.59. The number of aliphatic hydroxyl groups is 1. The Morgan fingerprint density at radius 3 is 2.23 bits per heavy atom. The SMILES string of the molecule is C[C@@H]1CCC(O)[C@@]2(C)CC[C@H]3[C@H](C)CC(N)[C@@H](C[C@H]12)C3(C)C. The van der Waals surface area contributed by atoms with Crippen molar-refractivity contribution in [3.63, 3.8) is 0 Å². The molecule has 3 fully saturated rings. The molecule has 2 nitrogen and oxygen atoms in total. The van der Waals surface area contributed by atoms with Gasteiger partial charge in [0.2, 0.25) is 0 Å². The standard InChI is InChI=1S/C20H37NO/c1-12-6-7-18(22)20(5)9-8-14-13(2)10-17(21)16(11-15(12)20)19(14,3)4/h12-18,22H,6-11,21H2,1-5H3/t12-,13-,14+,15-,16-,17?,18?,20+/m1/s1. The molecule has 3 saturated carbocycles. The lowest BCUT2D eigenvalue weighted by atomic mass is 9.47. The van der Waals surface area contributed by atoms with E-state index in [1.807, 2.05) is 0 Å². The molecular formula is C20H37NO. The summed E-state index contributed by atoms with van der Waals surface area (Å²) in [5, 5.41) is 10.8. The van der Waals surface area contributed by atoms with Gasteiger partial charge in [0, 0.05) is 6.04 Å². The third kappa shape index (κ3) is 2.36. The lowest BCUT2D eigenvalue weighted by Gasteiger charge is -2.59. The Hall–Kier alpha value is -0.0800. The van der Waals surface area contributed by atoms with Gasteiger partial charge in [0.25, 0.3) is 0 Å². The van der Waals surface area contributed by atoms with Crippen LogP contribution in [-0.2, 0) is 0 Å². The summed E-state index contributed by atoms with van der Waals surface area (Å²) in [5.74, 6) is 3.47. The molecule has 0 aromatic carbocycles. The molecule has 3 N–H and O–H groups in total. The molecule has 2 unspecified atom stereocenters. The molecule has 0 spiro atoms. The molecule has 3 aliphatic carbocycles. The van der Waals surface area contributed by atoms with Crippen molar-refractivity contribution in [3.8, 4) is 0 Å². The quantitative estimate of drug-likeness (QED) is 0.704. The summed E-state index contributed by atoms with van der Waals surface area (Å²) >= 11 is 0. The van der Waals surface area contributed by atoms with Gasteiger partial charge in [-0.15, -0.1) is 0 Å². The normalized spacial score (nSPS) is 55.0. The van der Waals surface area contributed by atoms with Crippen molar-refractivity contribution < 1.29 is 5.11 Å².